The Balaban J connectivity index is 2.22. The standard InChI is InChI=1S/C14H17N3O3S/c1-9-15-16-13(21-9)11-7-5-10(6-8-11)12(19-3)14(18)17(2)20-4/h5-8,12H,1-4H3. The molecule has 1 heterocycles. The van der Waals surface area contributed by atoms with Crippen LogP contribution in [0.15, 0.2) is 24.3 Å². The van der Waals surface area contributed by atoms with E-state index in [0.717, 1.165) is 26.2 Å². The summed E-state index contributed by atoms with van der Waals surface area (Å²) in [5.74, 6) is -0.264. The van der Waals surface area contributed by atoms with Crippen molar-refractivity contribution in [1.29, 1.82) is 0 Å². The highest BCUT2D eigenvalue weighted by Gasteiger charge is 2.24. The minimum absolute atomic E-state index is 0.264. The highest BCUT2D eigenvalue weighted by atomic mass is 32.1. The summed E-state index contributed by atoms with van der Waals surface area (Å²) < 4.78 is 5.27. The van der Waals surface area contributed by atoms with Crippen LogP contribution in [0.4, 0.5) is 0 Å². The molecule has 2 rings (SSSR count). The first kappa shape index (κ1) is 15.6. The van der Waals surface area contributed by atoms with Gasteiger partial charge in [0.05, 0.1) is 7.11 Å². The number of likely N-dealkylation sites (N-methyl/N-ethyl adjacent to an activating group) is 1. The van der Waals surface area contributed by atoms with Gasteiger partial charge in [0.25, 0.3) is 5.91 Å². The van der Waals surface area contributed by atoms with E-state index in [1.54, 1.807) is 7.05 Å². The van der Waals surface area contributed by atoms with Gasteiger partial charge in [-0.05, 0) is 12.5 Å². The van der Waals surface area contributed by atoms with Crippen LogP contribution in [0.25, 0.3) is 10.6 Å². The largest absolute Gasteiger partial charge is 0.367 e. The maximum absolute atomic E-state index is 12.1. The Morgan fingerprint density at radius 2 is 1.90 bits per heavy atom. The van der Waals surface area contributed by atoms with E-state index in [-0.39, 0.29) is 5.91 Å². The van der Waals surface area contributed by atoms with Crippen molar-refractivity contribution in [3.8, 4) is 10.6 Å². The molecule has 0 bridgehead atoms. The van der Waals surface area contributed by atoms with E-state index in [1.807, 2.05) is 31.2 Å². The highest BCUT2D eigenvalue weighted by molar-refractivity contribution is 7.14. The molecule has 0 saturated heterocycles. The van der Waals surface area contributed by atoms with Crippen LogP contribution >= 0.6 is 11.3 Å². The van der Waals surface area contributed by atoms with Gasteiger partial charge < -0.3 is 4.74 Å². The van der Waals surface area contributed by atoms with Crippen molar-refractivity contribution >= 4 is 17.2 Å². The SMILES string of the molecule is COC(C(=O)N(C)OC)c1ccc(-c2nnc(C)s2)cc1. The van der Waals surface area contributed by atoms with Crippen LogP contribution in [-0.4, -0.2) is 42.4 Å². The number of hydrogen-bond donors (Lipinski definition) is 0. The predicted molar refractivity (Wildman–Crippen MR) is 79.6 cm³/mol. The second-order valence-corrected chi connectivity index (χ2v) is 5.56. The monoisotopic (exact) mass is 307 g/mol. The zero-order chi connectivity index (χ0) is 15.4. The third-order valence-corrected chi connectivity index (χ3v) is 3.92. The molecule has 1 atom stereocenters. The van der Waals surface area contributed by atoms with Crippen molar-refractivity contribution in [1.82, 2.24) is 15.3 Å². The Bertz CT molecular complexity index is 612. The fourth-order valence-corrected chi connectivity index (χ4v) is 2.55. The first-order valence-corrected chi connectivity index (χ1v) is 7.13. The molecule has 1 unspecified atom stereocenters. The molecule has 112 valence electrons. The van der Waals surface area contributed by atoms with Gasteiger partial charge in [0.15, 0.2) is 6.10 Å². The molecule has 2 aromatic rings. The molecule has 0 fully saturated rings. The van der Waals surface area contributed by atoms with Gasteiger partial charge >= 0.3 is 0 Å². The molecule has 1 aromatic carbocycles. The van der Waals surface area contributed by atoms with Crippen LogP contribution < -0.4 is 0 Å². The molecule has 0 radical (unpaired) electrons. The van der Waals surface area contributed by atoms with Gasteiger partial charge in [-0.3, -0.25) is 9.63 Å². The third-order valence-electron chi connectivity index (χ3n) is 3.03. The van der Waals surface area contributed by atoms with Crippen LogP contribution in [0.5, 0.6) is 0 Å². The average Bonchev–Trinajstić information content (AvgIpc) is 2.94. The first-order valence-electron chi connectivity index (χ1n) is 6.31. The number of aryl methyl sites for hydroxylation is 1. The number of benzene rings is 1. The second-order valence-electron chi connectivity index (χ2n) is 4.38. The number of hydrogen-bond acceptors (Lipinski definition) is 6. The molecule has 0 aliphatic rings. The Morgan fingerprint density at radius 1 is 1.24 bits per heavy atom. The Kier molecular flexibility index (Phi) is 5.00. The molecule has 21 heavy (non-hydrogen) atoms. The normalized spacial score (nSPS) is 12.2. The lowest BCUT2D eigenvalue weighted by Gasteiger charge is -2.20. The quantitative estimate of drug-likeness (QED) is 0.793. The number of ether oxygens (including phenoxy) is 1. The smallest absolute Gasteiger partial charge is 0.279 e. The van der Waals surface area contributed by atoms with E-state index in [1.165, 1.54) is 25.6 Å². The summed E-state index contributed by atoms with van der Waals surface area (Å²) in [6.45, 7) is 1.91. The van der Waals surface area contributed by atoms with Crippen LogP contribution in [0, 0.1) is 6.92 Å². The highest BCUT2D eigenvalue weighted by Crippen LogP contribution is 2.26. The van der Waals surface area contributed by atoms with Gasteiger partial charge in [0.2, 0.25) is 0 Å². The zero-order valence-electron chi connectivity index (χ0n) is 12.4. The second kappa shape index (κ2) is 6.75. The molecule has 0 spiro atoms. The Hall–Kier alpha value is -1.83. The van der Waals surface area contributed by atoms with Crippen LogP contribution in [0.2, 0.25) is 0 Å². The number of aromatic nitrogens is 2. The summed E-state index contributed by atoms with van der Waals surface area (Å²) in [5, 5.41) is 11.0. The molecular weight excluding hydrogens is 290 g/mol. The van der Waals surface area contributed by atoms with Crippen molar-refractivity contribution in [2.45, 2.75) is 13.0 Å². The van der Waals surface area contributed by atoms with Crippen molar-refractivity contribution in [2.75, 3.05) is 21.3 Å². The summed E-state index contributed by atoms with van der Waals surface area (Å²) >= 11 is 1.53. The van der Waals surface area contributed by atoms with Gasteiger partial charge in [-0.25, -0.2) is 5.06 Å². The van der Waals surface area contributed by atoms with Crippen molar-refractivity contribution < 1.29 is 14.4 Å². The molecule has 0 aliphatic heterocycles. The minimum atomic E-state index is -0.694. The van der Waals surface area contributed by atoms with Crippen LogP contribution in [-0.2, 0) is 14.4 Å². The topological polar surface area (TPSA) is 64.5 Å². The molecule has 0 N–H and O–H groups in total. The minimum Gasteiger partial charge on any atom is -0.367 e. The van der Waals surface area contributed by atoms with E-state index in [9.17, 15) is 4.79 Å². The summed E-state index contributed by atoms with van der Waals surface area (Å²) in [4.78, 5) is 17.0. The predicted octanol–water partition coefficient (Wildman–Crippen LogP) is 2.22. The number of carbonyl (C=O) groups excluding carboxylic acids is 1. The van der Waals surface area contributed by atoms with Gasteiger partial charge in [0, 0.05) is 19.7 Å². The van der Waals surface area contributed by atoms with Crippen molar-refractivity contribution in [2.24, 2.45) is 0 Å². The summed E-state index contributed by atoms with van der Waals surface area (Å²) in [6.07, 6.45) is -0.694. The van der Waals surface area contributed by atoms with E-state index < -0.39 is 6.10 Å². The maximum Gasteiger partial charge on any atom is 0.279 e. The number of rotatable bonds is 5. The van der Waals surface area contributed by atoms with Gasteiger partial charge in [0.1, 0.15) is 10.0 Å². The lowest BCUT2D eigenvalue weighted by Crippen LogP contribution is -2.31. The third kappa shape index (κ3) is 3.44. The first-order chi connectivity index (χ1) is 10.1. The van der Waals surface area contributed by atoms with Gasteiger partial charge in [-0.15, -0.1) is 10.2 Å². The Morgan fingerprint density at radius 3 is 2.38 bits per heavy atom. The lowest BCUT2D eigenvalue weighted by molar-refractivity contribution is -0.179. The van der Waals surface area contributed by atoms with E-state index in [4.69, 9.17) is 9.57 Å². The lowest BCUT2D eigenvalue weighted by atomic mass is 10.1. The zero-order valence-corrected chi connectivity index (χ0v) is 13.2. The number of nitrogens with zero attached hydrogens (tertiary/aromatic N) is 3. The molecule has 7 heteroatoms. The number of amides is 1. The molecule has 0 saturated carbocycles. The summed E-state index contributed by atoms with van der Waals surface area (Å²) in [6, 6.07) is 7.51. The van der Waals surface area contributed by atoms with Crippen LogP contribution in [0.1, 0.15) is 16.7 Å². The van der Waals surface area contributed by atoms with Crippen LogP contribution in [0.3, 0.4) is 0 Å². The van der Waals surface area contributed by atoms with E-state index >= 15 is 0 Å². The fraction of sp³-hybridized carbons (Fsp3) is 0.357. The van der Waals surface area contributed by atoms with Gasteiger partial charge in [-0.1, -0.05) is 35.6 Å². The Labute approximate surface area is 127 Å². The van der Waals surface area contributed by atoms with E-state index in [2.05, 4.69) is 10.2 Å². The molecule has 6 nitrogen and oxygen atoms in total. The van der Waals surface area contributed by atoms with Crippen molar-refractivity contribution in [3.05, 3.63) is 34.8 Å². The number of carbonyl (C=O) groups is 1. The molecule has 1 aromatic heterocycles. The van der Waals surface area contributed by atoms with Crippen molar-refractivity contribution in [3.63, 3.8) is 0 Å². The van der Waals surface area contributed by atoms with Gasteiger partial charge in [-0.2, -0.15) is 0 Å². The number of methoxy groups -OCH3 is 1. The summed E-state index contributed by atoms with van der Waals surface area (Å²) in [7, 11) is 4.48. The molecule has 1 amide bonds. The number of hydroxylamine groups is 2. The average molecular weight is 307 g/mol. The molecule has 0 aliphatic carbocycles. The maximum atomic E-state index is 12.1. The fourth-order valence-electron chi connectivity index (χ4n) is 1.85. The van der Waals surface area contributed by atoms with E-state index in [0.29, 0.717) is 0 Å². The molecular formula is C14H17N3O3S. The summed E-state index contributed by atoms with van der Waals surface area (Å²) in [5.41, 5.74) is 1.73.